The van der Waals surface area contributed by atoms with Gasteiger partial charge in [0.2, 0.25) is 0 Å². The van der Waals surface area contributed by atoms with Gasteiger partial charge in [-0.1, -0.05) is 13.8 Å². The number of rotatable bonds is 8. The molecule has 0 aliphatic heterocycles. The Morgan fingerprint density at radius 1 is 0.941 bits per heavy atom. The highest BCUT2D eigenvalue weighted by Crippen LogP contribution is 2.16. The van der Waals surface area contributed by atoms with E-state index in [0.29, 0.717) is 24.3 Å². The fraction of sp³-hybridized carbons (Fsp3) is 0.818. The first-order valence-electron chi connectivity index (χ1n) is 5.44. The first-order chi connectivity index (χ1) is 7.91. The van der Waals surface area contributed by atoms with Gasteiger partial charge in [0, 0.05) is 16.9 Å². The number of carbonyl (C=O) groups excluding carboxylic acids is 2. The van der Waals surface area contributed by atoms with E-state index in [-0.39, 0.29) is 30.6 Å². The van der Waals surface area contributed by atoms with Gasteiger partial charge in [-0.05, 0) is 0 Å². The number of hydrogen-bond acceptors (Lipinski definition) is 6. The van der Waals surface area contributed by atoms with Gasteiger partial charge < -0.3 is 9.47 Å². The topological polar surface area (TPSA) is 52.6 Å². The highest BCUT2D eigenvalue weighted by atomic mass is 32.1. The largest absolute Gasteiger partial charge is 0.465 e. The average molecular weight is 280 g/mol. The molecular weight excluding hydrogens is 260 g/mol. The number of carbonyl (C=O) groups is 2. The van der Waals surface area contributed by atoms with E-state index in [1.807, 2.05) is 13.8 Å². The number of thiol groups is 2. The molecule has 0 saturated carbocycles. The van der Waals surface area contributed by atoms with Crippen molar-refractivity contribution in [2.75, 3.05) is 24.7 Å². The summed E-state index contributed by atoms with van der Waals surface area (Å²) in [5.74, 6) is 0.372. The van der Waals surface area contributed by atoms with Crippen LogP contribution in [0.2, 0.25) is 0 Å². The van der Waals surface area contributed by atoms with Crippen molar-refractivity contribution >= 4 is 37.2 Å². The Hall–Kier alpha value is -0.360. The smallest absolute Gasteiger partial charge is 0.306 e. The van der Waals surface area contributed by atoms with Gasteiger partial charge in [0.25, 0.3) is 0 Å². The molecule has 100 valence electrons. The van der Waals surface area contributed by atoms with Crippen molar-refractivity contribution in [1.82, 2.24) is 0 Å². The van der Waals surface area contributed by atoms with Gasteiger partial charge in [-0.3, -0.25) is 9.59 Å². The van der Waals surface area contributed by atoms with E-state index >= 15 is 0 Å². The van der Waals surface area contributed by atoms with Crippen LogP contribution in [0.4, 0.5) is 0 Å². The number of hydrogen-bond donors (Lipinski definition) is 2. The van der Waals surface area contributed by atoms with Crippen molar-refractivity contribution in [3.8, 4) is 0 Å². The number of esters is 2. The normalized spacial score (nSPS) is 11.1. The maximum absolute atomic E-state index is 11.1. The average Bonchev–Trinajstić information content (AvgIpc) is 2.25. The van der Waals surface area contributed by atoms with Crippen LogP contribution in [0.5, 0.6) is 0 Å². The molecule has 0 bridgehead atoms. The summed E-state index contributed by atoms with van der Waals surface area (Å²) in [6.07, 6.45) is 0.581. The molecule has 0 aromatic carbocycles. The molecule has 0 atom stereocenters. The van der Waals surface area contributed by atoms with Crippen molar-refractivity contribution in [1.29, 1.82) is 0 Å². The maximum Gasteiger partial charge on any atom is 0.306 e. The summed E-state index contributed by atoms with van der Waals surface area (Å²) in [4.78, 5) is 22.3. The van der Waals surface area contributed by atoms with Gasteiger partial charge in [0.15, 0.2) is 0 Å². The third-order valence-corrected chi connectivity index (χ3v) is 2.33. The molecule has 0 unspecified atom stereocenters. The Bertz CT molecular complexity index is 230. The van der Waals surface area contributed by atoms with Crippen molar-refractivity contribution in [2.45, 2.75) is 26.7 Å². The lowest BCUT2D eigenvalue weighted by atomic mass is 9.96. The van der Waals surface area contributed by atoms with Gasteiger partial charge >= 0.3 is 11.9 Å². The lowest BCUT2D eigenvalue weighted by Crippen LogP contribution is -2.28. The predicted octanol–water partition coefficient (Wildman–Crippen LogP) is 1.74. The Balaban J connectivity index is 3.86. The van der Waals surface area contributed by atoms with E-state index < -0.39 is 0 Å². The zero-order valence-corrected chi connectivity index (χ0v) is 12.1. The van der Waals surface area contributed by atoms with Crippen molar-refractivity contribution in [2.24, 2.45) is 5.41 Å². The number of ether oxygens (including phenoxy) is 2. The lowest BCUT2D eigenvalue weighted by molar-refractivity contribution is -0.152. The SMILES string of the molecule is CC(C)(COC(=O)CCS)COC(=O)CCS. The quantitative estimate of drug-likeness (QED) is 0.525. The molecule has 0 rings (SSSR count). The van der Waals surface area contributed by atoms with Crippen molar-refractivity contribution in [3.63, 3.8) is 0 Å². The van der Waals surface area contributed by atoms with Crippen LogP contribution in [0.15, 0.2) is 0 Å². The maximum atomic E-state index is 11.1. The molecule has 17 heavy (non-hydrogen) atoms. The van der Waals surface area contributed by atoms with Gasteiger partial charge in [-0.2, -0.15) is 25.3 Å². The minimum atomic E-state index is -0.376. The van der Waals surface area contributed by atoms with Gasteiger partial charge in [0.05, 0.1) is 26.1 Å². The summed E-state index contributed by atoms with van der Waals surface area (Å²) in [5, 5.41) is 0. The molecule has 0 saturated heterocycles. The summed E-state index contributed by atoms with van der Waals surface area (Å²) in [5.41, 5.74) is -0.376. The minimum Gasteiger partial charge on any atom is -0.465 e. The predicted molar refractivity (Wildman–Crippen MR) is 72.6 cm³/mol. The van der Waals surface area contributed by atoms with Crippen LogP contribution in [0, 0.1) is 5.41 Å². The molecule has 0 spiro atoms. The van der Waals surface area contributed by atoms with Gasteiger partial charge in [-0.15, -0.1) is 0 Å². The highest BCUT2D eigenvalue weighted by molar-refractivity contribution is 7.80. The molecule has 6 heteroatoms. The zero-order valence-electron chi connectivity index (χ0n) is 10.3. The van der Waals surface area contributed by atoms with Gasteiger partial charge in [0.1, 0.15) is 0 Å². The first-order valence-corrected chi connectivity index (χ1v) is 6.71. The third kappa shape index (κ3) is 9.35. The van der Waals surface area contributed by atoms with E-state index in [1.165, 1.54) is 0 Å². The molecule has 0 heterocycles. The summed E-state index contributed by atoms with van der Waals surface area (Å²) < 4.78 is 10.1. The fourth-order valence-corrected chi connectivity index (χ4v) is 1.29. The van der Waals surface area contributed by atoms with Crippen LogP contribution in [0.1, 0.15) is 26.7 Å². The Morgan fingerprint density at radius 2 is 1.29 bits per heavy atom. The zero-order chi connectivity index (χ0) is 13.3. The van der Waals surface area contributed by atoms with E-state index in [9.17, 15) is 9.59 Å². The summed E-state index contributed by atoms with van der Waals surface area (Å²) in [6.45, 7) is 4.20. The monoisotopic (exact) mass is 280 g/mol. The summed E-state index contributed by atoms with van der Waals surface area (Å²) >= 11 is 7.88. The molecule has 0 aromatic rings. The van der Waals surface area contributed by atoms with Crippen LogP contribution in [0.3, 0.4) is 0 Å². The van der Waals surface area contributed by atoms with E-state index in [0.717, 1.165) is 0 Å². The second-order valence-electron chi connectivity index (χ2n) is 4.43. The first kappa shape index (κ1) is 16.6. The summed E-state index contributed by atoms with van der Waals surface area (Å²) in [7, 11) is 0. The van der Waals surface area contributed by atoms with E-state index in [1.54, 1.807) is 0 Å². The third-order valence-electron chi connectivity index (χ3n) is 1.88. The summed E-state index contributed by atoms with van der Waals surface area (Å²) in [6, 6.07) is 0. The van der Waals surface area contributed by atoms with Crippen molar-refractivity contribution < 1.29 is 19.1 Å². The molecule has 4 nitrogen and oxygen atoms in total. The van der Waals surface area contributed by atoms with Crippen LogP contribution >= 0.6 is 25.3 Å². The molecule has 0 fully saturated rings. The molecule has 0 radical (unpaired) electrons. The van der Waals surface area contributed by atoms with Gasteiger partial charge in [-0.25, -0.2) is 0 Å². The Morgan fingerprint density at radius 3 is 1.59 bits per heavy atom. The van der Waals surface area contributed by atoms with Crippen LogP contribution in [-0.2, 0) is 19.1 Å². The fourth-order valence-electron chi connectivity index (χ4n) is 0.920. The van der Waals surface area contributed by atoms with Crippen LogP contribution < -0.4 is 0 Å². The lowest BCUT2D eigenvalue weighted by Gasteiger charge is -2.23. The molecule has 0 aliphatic rings. The minimum absolute atomic E-state index is 0.230. The molecule has 0 aliphatic carbocycles. The molecular formula is C11H20O4S2. The molecule has 0 N–H and O–H groups in total. The van der Waals surface area contributed by atoms with E-state index in [2.05, 4.69) is 25.3 Å². The highest BCUT2D eigenvalue weighted by Gasteiger charge is 2.22. The standard InChI is InChI=1S/C11H20O4S2/c1-11(2,7-14-9(12)3-5-16)8-15-10(13)4-6-17/h16-17H,3-8H2,1-2H3. The van der Waals surface area contributed by atoms with Crippen molar-refractivity contribution in [3.05, 3.63) is 0 Å². The Labute approximate surface area is 113 Å². The Kier molecular flexibility index (Phi) is 8.51. The second kappa shape index (κ2) is 8.69. The van der Waals surface area contributed by atoms with Crippen LogP contribution in [-0.4, -0.2) is 36.7 Å². The molecule has 0 amide bonds. The molecule has 0 aromatic heterocycles. The van der Waals surface area contributed by atoms with Crippen LogP contribution in [0.25, 0.3) is 0 Å². The van der Waals surface area contributed by atoms with E-state index in [4.69, 9.17) is 9.47 Å². The second-order valence-corrected chi connectivity index (χ2v) is 5.33.